The molecule has 396 valence electrons. The van der Waals surface area contributed by atoms with Crippen LogP contribution >= 0.6 is 15.9 Å². The fourth-order valence-electron chi connectivity index (χ4n) is 8.73. The summed E-state index contributed by atoms with van der Waals surface area (Å²) in [6.45, 7) is 7.47. The van der Waals surface area contributed by atoms with Crippen LogP contribution in [-0.2, 0) is 0 Å². The minimum absolute atomic E-state index is 0.0222. The molecule has 0 aliphatic rings. The van der Waals surface area contributed by atoms with E-state index in [-0.39, 0.29) is 11.0 Å². The molecule has 0 unspecified atom stereocenters. The van der Waals surface area contributed by atoms with E-state index in [1.54, 1.807) is 74.1 Å². The number of ether oxygens (including phenoxy) is 4. The van der Waals surface area contributed by atoms with Crippen molar-refractivity contribution < 1.29 is 28.8 Å². The lowest BCUT2D eigenvalue weighted by molar-refractivity contribution is 0.0698. The number of rotatable bonds is 9. The van der Waals surface area contributed by atoms with Gasteiger partial charge in [-0.05, 0) is 159 Å². The van der Waals surface area contributed by atoms with Gasteiger partial charge in [-0.2, -0.15) is 25.7 Å². The van der Waals surface area contributed by atoms with Crippen LogP contribution in [0.1, 0.15) is 38.7 Å². The molecule has 0 radical (unpaired) electrons. The summed E-state index contributed by atoms with van der Waals surface area (Å²) in [7, 11) is 6.51. The number of methoxy groups -OCH3 is 4. The lowest BCUT2D eigenvalue weighted by Crippen LogP contribution is -2.02. The molecule has 0 saturated heterocycles. The third kappa shape index (κ3) is 10.9. The standard InChI is InChI=1S/C15H12N4O.C15H13N3O3.C14H12BrN3O.C14H13N3O2/c1-10-14-11(9-16)7-8-17-15(14)19(18-10)12-3-5-13(20-2)6-4-12;1-9-13-12(15(19)20)7-8-16-14(13)18(17-9)10-3-5-11(21-2)6-4-10;1-9-13-12(15)7-8-16-14(13)18(17-9)10-3-5-11(19-2)6-4-10;1-9-13-12(18)7-8-15-14(13)17(16-9)10-3-5-11(19-2)6-4-10/h3-8H,1-2H3;3-8H,1-2H3,(H,19,20);3-8H,1-2H3;3-8H,1-2H3,(H,15,18). The second-order valence-electron chi connectivity index (χ2n) is 17.4. The summed E-state index contributed by atoms with van der Waals surface area (Å²) in [6, 6.07) is 39.0. The van der Waals surface area contributed by atoms with Crippen LogP contribution in [0.4, 0.5) is 0 Å². The number of pyridine rings is 4. The molecule has 0 bridgehead atoms. The van der Waals surface area contributed by atoms with Crippen LogP contribution in [0, 0.1) is 39.0 Å². The Balaban J connectivity index is 0.000000128. The average Bonchev–Trinajstić information content (AvgIpc) is 4.42. The molecule has 12 aromatic rings. The monoisotopic (exact) mass is 1120 g/mol. The van der Waals surface area contributed by atoms with E-state index in [9.17, 15) is 20.0 Å². The number of carboxylic acid groups (broad SMARTS) is 1. The number of nitrogens with zero attached hydrogens (tertiary/aromatic N) is 12. The van der Waals surface area contributed by atoms with E-state index in [0.717, 1.165) is 78.0 Å². The van der Waals surface area contributed by atoms with Gasteiger partial charge in [0.15, 0.2) is 22.4 Å². The molecule has 8 aromatic heterocycles. The highest BCUT2D eigenvalue weighted by molar-refractivity contribution is 9.10. The number of carboxylic acids is 1. The van der Waals surface area contributed by atoms with Crippen molar-refractivity contribution in [3.05, 3.63) is 195 Å². The summed E-state index contributed by atoms with van der Waals surface area (Å²) in [5.41, 5.74) is 10.1. The number of hydrogen-bond donors (Lipinski definition) is 2. The number of aryl methyl sites for hydroxylation is 4. The van der Waals surface area contributed by atoms with Crippen molar-refractivity contribution in [1.82, 2.24) is 59.1 Å². The van der Waals surface area contributed by atoms with E-state index in [2.05, 4.69) is 62.3 Å². The number of aromatic nitrogens is 12. The van der Waals surface area contributed by atoms with Crippen LogP contribution in [-0.4, -0.2) is 98.6 Å². The number of aromatic carboxylic acids is 1. The van der Waals surface area contributed by atoms with Crippen molar-refractivity contribution in [2.75, 3.05) is 28.4 Å². The van der Waals surface area contributed by atoms with Gasteiger partial charge in [0.25, 0.3) is 0 Å². The molecule has 20 nitrogen and oxygen atoms in total. The molecule has 0 aliphatic carbocycles. The van der Waals surface area contributed by atoms with Crippen molar-refractivity contribution in [3.63, 3.8) is 0 Å². The molecular weight excluding hydrogens is 1070 g/mol. The van der Waals surface area contributed by atoms with Gasteiger partial charge in [-0.1, -0.05) is 0 Å². The summed E-state index contributed by atoms with van der Waals surface area (Å²) in [5, 5.41) is 39.3. The van der Waals surface area contributed by atoms with E-state index in [0.29, 0.717) is 44.7 Å². The second kappa shape index (κ2) is 23.4. The smallest absolute Gasteiger partial charge is 0.336 e. The van der Waals surface area contributed by atoms with Gasteiger partial charge in [-0.3, -0.25) is 4.79 Å². The summed E-state index contributed by atoms with van der Waals surface area (Å²) in [4.78, 5) is 39.3. The summed E-state index contributed by atoms with van der Waals surface area (Å²) >= 11 is 3.54. The number of benzene rings is 4. The average molecular weight is 1120 g/mol. The molecule has 0 saturated carbocycles. The predicted molar refractivity (Wildman–Crippen MR) is 303 cm³/mol. The van der Waals surface area contributed by atoms with Crippen LogP contribution in [0.15, 0.2) is 155 Å². The Kier molecular flexibility index (Phi) is 15.9. The zero-order valence-electron chi connectivity index (χ0n) is 44.0. The van der Waals surface area contributed by atoms with Gasteiger partial charge in [0.2, 0.25) is 0 Å². The third-order valence-corrected chi connectivity index (χ3v) is 13.2. The summed E-state index contributed by atoms with van der Waals surface area (Å²) < 4.78 is 28.5. The van der Waals surface area contributed by atoms with Crippen molar-refractivity contribution in [2.24, 2.45) is 0 Å². The number of hydrogen-bond acceptors (Lipinski definition) is 14. The Morgan fingerprint density at radius 3 is 1.32 bits per heavy atom. The first-order valence-corrected chi connectivity index (χ1v) is 25.0. The van der Waals surface area contributed by atoms with Gasteiger partial charge >= 0.3 is 5.97 Å². The maximum atomic E-state index is 11.9. The molecule has 12 rings (SSSR count). The fourth-order valence-corrected chi connectivity index (χ4v) is 9.31. The molecule has 0 atom stereocenters. The van der Waals surface area contributed by atoms with Gasteiger partial charge in [-0.15, -0.1) is 0 Å². The molecule has 0 aliphatic heterocycles. The topological polar surface area (TPSA) is 241 Å². The van der Waals surface area contributed by atoms with Gasteiger partial charge in [0.1, 0.15) is 34.7 Å². The maximum absolute atomic E-state index is 11.9. The van der Waals surface area contributed by atoms with Crippen molar-refractivity contribution in [2.45, 2.75) is 27.7 Å². The van der Waals surface area contributed by atoms with Gasteiger partial charge in [-0.25, -0.2) is 38.5 Å². The van der Waals surface area contributed by atoms with E-state index >= 15 is 0 Å². The SMILES string of the molecule is COc1ccc(-n2nc(C)c3c(=O)cc[nH]c32)cc1.COc1ccc(-n2nc(C)c3c(Br)ccnc32)cc1.COc1ccc(-n2nc(C)c3c(C#N)ccnc32)cc1.COc1ccc(-n2nc(C)c3c(C(=O)O)ccnc32)cc1. The highest BCUT2D eigenvalue weighted by Gasteiger charge is 2.19. The fraction of sp³-hybridized carbons (Fsp3) is 0.138. The molecule has 21 heteroatoms. The van der Waals surface area contributed by atoms with Gasteiger partial charge in [0.05, 0.1) is 107 Å². The maximum Gasteiger partial charge on any atom is 0.336 e. The van der Waals surface area contributed by atoms with E-state index in [1.807, 2.05) is 129 Å². The highest BCUT2D eigenvalue weighted by Crippen LogP contribution is 2.29. The van der Waals surface area contributed by atoms with Crippen LogP contribution in [0.25, 0.3) is 66.9 Å². The Morgan fingerprint density at radius 1 is 0.506 bits per heavy atom. The molecule has 0 spiro atoms. The molecular formula is C58H50BrN13O7. The summed E-state index contributed by atoms with van der Waals surface area (Å²) in [5.74, 6) is 2.15. The van der Waals surface area contributed by atoms with Crippen molar-refractivity contribution in [3.8, 4) is 51.8 Å². The van der Waals surface area contributed by atoms with Crippen LogP contribution < -0.4 is 24.4 Å². The highest BCUT2D eigenvalue weighted by atomic mass is 79.9. The molecule has 0 amide bonds. The lowest BCUT2D eigenvalue weighted by Gasteiger charge is -2.04. The van der Waals surface area contributed by atoms with Crippen molar-refractivity contribution >= 4 is 66.0 Å². The summed E-state index contributed by atoms with van der Waals surface area (Å²) in [6.07, 6.45) is 6.51. The van der Waals surface area contributed by atoms with Crippen LogP contribution in [0.2, 0.25) is 0 Å². The second-order valence-corrected chi connectivity index (χ2v) is 18.2. The Hall–Kier alpha value is -10.2. The van der Waals surface area contributed by atoms with Crippen LogP contribution in [0.5, 0.6) is 23.0 Å². The number of halogens is 1. The van der Waals surface area contributed by atoms with Crippen LogP contribution in [0.3, 0.4) is 0 Å². The minimum Gasteiger partial charge on any atom is -0.497 e. The first-order valence-electron chi connectivity index (χ1n) is 24.2. The molecule has 79 heavy (non-hydrogen) atoms. The molecule has 2 N–H and O–H groups in total. The van der Waals surface area contributed by atoms with E-state index in [4.69, 9.17) is 18.9 Å². The Morgan fingerprint density at radius 2 is 0.873 bits per heavy atom. The number of carbonyl (C=O) groups is 1. The number of nitrogens with one attached hydrogen (secondary N) is 1. The first-order chi connectivity index (χ1) is 38.3. The molecule has 4 aromatic carbocycles. The Bertz CT molecular complexity index is 4260. The molecule has 0 fully saturated rings. The lowest BCUT2D eigenvalue weighted by atomic mass is 10.1. The normalized spacial score (nSPS) is 10.7. The van der Waals surface area contributed by atoms with E-state index in [1.165, 1.54) is 18.3 Å². The van der Waals surface area contributed by atoms with Crippen molar-refractivity contribution in [1.29, 1.82) is 5.26 Å². The quantitative estimate of drug-likeness (QED) is 0.137. The molecule has 8 heterocycles. The number of H-pyrrole nitrogens is 1. The first kappa shape index (κ1) is 53.6. The van der Waals surface area contributed by atoms with E-state index < -0.39 is 5.97 Å². The minimum atomic E-state index is -0.986. The zero-order chi connectivity index (χ0) is 55.9. The number of nitriles is 1. The largest absolute Gasteiger partial charge is 0.497 e. The zero-order valence-corrected chi connectivity index (χ0v) is 45.6. The van der Waals surface area contributed by atoms with Gasteiger partial charge in [0, 0.05) is 35.3 Å². The predicted octanol–water partition coefficient (Wildman–Crippen LogP) is 10.6. The van der Waals surface area contributed by atoms with Gasteiger partial charge < -0.3 is 29.0 Å². The Labute approximate surface area is 459 Å². The number of fused-ring (bicyclic) bond motifs is 4. The number of aromatic amines is 1. The third-order valence-electron chi connectivity index (χ3n) is 12.6.